The standard InChI is InChI=1S/C24H26FN9O6S4/c25-2-4-40-33-17(13-7-43-24(27)31-13)20(36)32-18-21(37)34-19(23(38)39)15(8-42-22(18)34)44-14-1-3-28-5-12(14)6-41-9-16(29-10-26)30-11-35/h1,3,5,7,10-11,16,18,22H,2,4,6,8-9H2,(H2,26,29)(H2,27,31)(H,30,35)(H,32,36)(H,38,39)/b33-17-/t16?,18-,22+/m1/s1. The summed E-state index contributed by atoms with van der Waals surface area (Å²) in [6.45, 7) is -1.23. The number of carbonyl (C=O) groups excluding carboxylic acids is 3. The second-order valence-electron chi connectivity index (χ2n) is 8.72. The minimum atomic E-state index is -1.29. The van der Waals surface area contributed by atoms with Gasteiger partial charge in [-0.3, -0.25) is 29.7 Å². The van der Waals surface area contributed by atoms with E-state index in [2.05, 4.69) is 31.1 Å². The number of oxime groups is 1. The monoisotopic (exact) mass is 683 g/mol. The highest BCUT2D eigenvalue weighted by molar-refractivity contribution is 8.06. The number of β-lactam (4-membered cyclic amide) rings is 1. The van der Waals surface area contributed by atoms with Gasteiger partial charge in [-0.15, -0.1) is 23.1 Å². The quantitative estimate of drug-likeness (QED) is 0.0258. The van der Waals surface area contributed by atoms with Gasteiger partial charge in [-0.05, 0) is 11.6 Å². The summed E-state index contributed by atoms with van der Waals surface area (Å²) in [6, 6.07) is 0.699. The van der Waals surface area contributed by atoms with Crippen LogP contribution in [0.3, 0.4) is 0 Å². The molecular formula is C24H26FN9O6S4. The Morgan fingerprint density at radius 2 is 2.23 bits per heavy atom. The van der Waals surface area contributed by atoms with Gasteiger partial charge in [0.15, 0.2) is 10.8 Å². The number of thiazole rings is 1. The fraction of sp³-hybridized carbons (Fsp3) is 0.333. The summed E-state index contributed by atoms with van der Waals surface area (Å²) in [5, 5.41) is 29.7. The van der Waals surface area contributed by atoms with Crippen molar-refractivity contribution in [3.8, 4) is 0 Å². The topological polar surface area (TPSA) is 225 Å². The summed E-state index contributed by atoms with van der Waals surface area (Å²) in [4.78, 5) is 64.8. The van der Waals surface area contributed by atoms with E-state index < -0.39 is 48.6 Å². The van der Waals surface area contributed by atoms with Gasteiger partial charge < -0.3 is 31.6 Å². The zero-order valence-electron chi connectivity index (χ0n) is 22.6. The number of pyridine rings is 1. The van der Waals surface area contributed by atoms with Crippen LogP contribution < -0.4 is 21.7 Å². The first-order valence-corrected chi connectivity index (χ1v) is 16.5. The molecule has 0 spiro atoms. The molecule has 0 saturated carbocycles. The molecule has 7 N–H and O–H groups in total. The number of rotatable bonds is 17. The Morgan fingerprint density at radius 3 is 2.91 bits per heavy atom. The summed E-state index contributed by atoms with van der Waals surface area (Å²) in [6.07, 6.45) is 4.33. The van der Waals surface area contributed by atoms with Crippen molar-refractivity contribution >= 4 is 88.0 Å². The molecule has 2 aromatic heterocycles. The van der Waals surface area contributed by atoms with Crippen LogP contribution in [0.4, 0.5) is 9.52 Å². The summed E-state index contributed by atoms with van der Waals surface area (Å²) in [7, 11) is 0. The van der Waals surface area contributed by atoms with E-state index in [4.69, 9.17) is 16.0 Å². The highest BCUT2D eigenvalue weighted by Gasteiger charge is 2.54. The molecule has 2 aliphatic rings. The number of alkyl halides is 1. The van der Waals surface area contributed by atoms with Gasteiger partial charge in [0, 0.05) is 44.8 Å². The zero-order valence-corrected chi connectivity index (χ0v) is 25.9. The molecule has 2 aromatic rings. The van der Waals surface area contributed by atoms with Gasteiger partial charge in [-0.2, -0.15) is 11.8 Å². The first kappa shape index (κ1) is 33.0. The summed E-state index contributed by atoms with van der Waals surface area (Å²) >= 11 is 5.03. The van der Waals surface area contributed by atoms with Gasteiger partial charge in [0.25, 0.3) is 11.8 Å². The molecule has 15 nitrogen and oxygen atoms in total. The Kier molecular flexibility index (Phi) is 11.8. The van der Waals surface area contributed by atoms with Crippen molar-refractivity contribution in [3.05, 3.63) is 45.7 Å². The number of thioether (sulfide) groups is 3. The summed E-state index contributed by atoms with van der Waals surface area (Å²) < 4.78 is 12.5. The van der Waals surface area contributed by atoms with E-state index in [1.807, 2.05) is 0 Å². The van der Waals surface area contributed by atoms with E-state index in [1.165, 1.54) is 40.7 Å². The van der Waals surface area contributed by atoms with Crippen LogP contribution in [0.15, 0.2) is 44.5 Å². The molecule has 4 heterocycles. The molecule has 0 aliphatic carbocycles. The van der Waals surface area contributed by atoms with Crippen LogP contribution in [0.25, 0.3) is 0 Å². The first-order valence-electron chi connectivity index (χ1n) is 12.6. The Balaban J connectivity index is 1.47. The molecule has 0 radical (unpaired) electrons. The molecule has 0 bridgehead atoms. The third-order valence-electron chi connectivity index (χ3n) is 5.91. The number of amides is 3. The molecule has 44 heavy (non-hydrogen) atoms. The molecule has 20 heteroatoms. The van der Waals surface area contributed by atoms with Gasteiger partial charge in [-0.25, -0.2) is 14.2 Å². The van der Waals surface area contributed by atoms with Crippen LogP contribution in [0.5, 0.6) is 0 Å². The number of aliphatic carboxylic acids is 1. The summed E-state index contributed by atoms with van der Waals surface area (Å²) in [5.74, 6) is -1.53. The van der Waals surface area contributed by atoms with E-state index >= 15 is 0 Å². The molecule has 0 aromatic carbocycles. The number of nitrogen functional groups attached to an aromatic ring is 1. The maximum absolute atomic E-state index is 13.2. The summed E-state index contributed by atoms with van der Waals surface area (Å²) in [5.41, 5.74) is 6.09. The molecule has 1 saturated heterocycles. The van der Waals surface area contributed by atoms with Crippen LogP contribution in [-0.4, -0.2) is 98.6 Å². The van der Waals surface area contributed by atoms with Crippen LogP contribution >= 0.6 is 46.6 Å². The maximum Gasteiger partial charge on any atom is 0.353 e. The van der Waals surface area contributed by atoms with E-state index in [0.717, 1.165) is 33.0 Å². The van der Waals surface area contributed by atoms with Crippen molar-refractivity contribution < 1.29 is 33.5 Å². The normalized spacial score (nSPS) is 18.5. The van der Waals surface area contributed by atoms with E-state index in [0.29, 0.717) is 22.8 Å². The fourth-order valence-corrected chi connectivity index (χ4v) is 8.20. The number of carboxylic acids is 1. The number of anilines is 1. The highest BCUT2D eigenvalue weighted by atomic mass is 32.2. The first-order chi connectivity index (χ1) is 21.3. The second kappa shape index (κ2) is 15.7. The van der Waals surface area contributed by atoms with Gasteiger partial charge in [0.2, 0.25) is 6.41 Å². The highest BCUT2D eigenvalue weighted by Crippen LogP contribution is 2.45. The third-order valence-corrected chi connectivity index (χ3v) is 10.3. The van der Waals surface area contributed by atoms with E-state index in [9.17, 15) is 28.7 Å². The predicted molar refractivity (Wildman–Crippen MR) is 166 cm³/mol. The van der Waals surface area contributed by atoms with Crippen molar-refractivity contribution in [1.82, 2.24) is 30.8 Å². The average Bonchev–Trinajstić information content (AvgIpc) is 3.44. The van der Waals surface area contributed by atoms with Crippen molar-refractivity contribution in [1.29, 1.82) is 5.41 Å². The minimum Gasteiger partial charge on any atom is -0.477 e. The molecular weight excluding hydrogens is 658 g/mol. The Labute approximate surface area is 266 Å². The van der Waals surface area contributed by atoms with Gasteiger partial charge in [0.05, 0.1) is 6.34 Å². The molecule has 3 amide bonds. The Bertz CT molecular complexity index is 1470. The smallest absolute Gasteiger partial charge is 0.353 e. The number of nitrogens with two attached hydrogens (primary N) is 1. The van der Waals surface area contributed by atoms with Crippen LogP contribution in [0.1, 0.15) is 11.3 Å². The van der Waals surface area contributed by atoms with Crippen LogP contribution in [0.2, 0.25) is 0 Å². The lowest BCUT2D eigenvalue weighted by molar-refractivity contribution is -0.150. The number of aromatic nitrogens is 2. The lowest BCUT2D eigenvalue weighted by Crippen LogP contribution is -2.71. The van der Waals surface area contributed by atoms with Crippen molar-refractivity contribution in [2.45, 2.75) is 28.2 Å². The second-order valence-corrected chi connectivity index (χ2v) is 12.9. The molecule has 2 aliphatic heterocycles. The van der Waals surface area contributed by atoms with Crippen LogP contribution in [-0.2, 0) is 29.8 Å². The number of carboxylic acid groups (broad SMARTS) is 1. The Morgan fingerprint density at radius 1 is 1.41 bits per heavy atom. The van der Waals surface area contributed by atoms with E-state index in [1.54, 1.807) is 18.5 Å². The van der Waals surface area contributed by atoms with Gasteiger partial charge >= 0.3 is 5.97 Å². The van der Waals surface area contributed by atoms with Crippen molar-refractivity contribution in [2.24, 2.45) is 5.16 Å². The van der Waals surface area contributed by atoms with E-state index in [-0.39, 0.29) is 28.0 Å². The molecule has 234 valence electrons. The SMILES string of the molecule is N=CNC(CSCc1cnccc1SC1=C(C(=O)O)N2C(=O)[C@@H](NC(=O)/C(=N\OCCF)c3csc(N)n3)[C@@H]2SC1)NC=O. The zero-order chi connectivity index (χ0) is 31.6. The fourth-order valence-electron chi connectivity index (χ4n) is 3.99. The number of fused-ring (bicyclic) bond motifs is 1. The molecule has 4 rings (SSSR count). The third kappa shape index (κ3) is 7.79. The number of nitrogens with zero attached hydrogens (tertiary/aromatic N) is 4. The lowest BCUT2D eigenvalue weighted by Gasteiger charge is -2.49. The minimum absolute atomic E-state index is 0.0846. The average molecular weight is 684 g/mol. The number of hydrogen-bond acceptors (Lipinski definition) is 14. The molecule has 1 fully saturated rings. The predicted octanol–water partition coefficient (Wildman–Crippen LogP) is 0.801. The number of halogens is 1. The van der Waals surface area contributed by atoms with Gasteiger partial charge in [-0.1, -0.05) is 16.9 Å². The lowest BCUT2D eigenvalue weighted by atomic mass is 10.0. The largest absolute Gasteiger partial charge is 0.477 e. The number of carbonyl (C=O) groups is 4. The van der Waals surface area contributed by atoms with Gasteiger partial charge in [0.1, 0.15) is 42.3 Å². The molecule has 3 atom stereocenters. The number of nitrogens with one attached hydrogen (secondary N) is 4. The van der Waals surface area contributed by atoms with Crippen molar-refractivity contribution in [3.63, 3.8) is 0 Å². The molecule has 1 unspecified atom stereocenters. The number of hydrogen-bond donors (Lipinski definition) is 6. The maximum atomic E-state index is 13.2. The van der Waals surface area contributed by atoms with Crippen molar-refractivity contribution in [2.75, 3.05) is 30.5 Å². The van der Waals surface area contributed by atoms with Crippen LogP contribution in [0, 0.1) is 5.41 Å². The Hall–Kier alpha value is -3.88.